The van der Waals surface area contributed by atoms with Gasteiger partial charge in [-0.05, 0) is 140 Å². The normalized spacial score (nSPS) is 47.0. The van der Waals surface area contributed by atoms with Gasteiger partial charge in [-0.2, -0.15) is 0 Å². The molecule has 1 amide bonds. The second-order valence-electron chi connectivity index (χ2n) is 18.7. The first-order chi connectivity index (χ1) is 21.5. The lowest BCUT2D eigenvalue weighted by atomic mass is 9.29. The van der Waals surface area contributed by atoms with Crippen molar-refractivity contribution in [2.24, 2.45) is 56.2 Å². The Kier molecular flexibility index (Phi) is 7.37. The second kappa shape index (κ2) is 10.4. The molecule has 5 fully saturated rings. The summed E-state index contributed by atoms with van der Waals surface area (Å²) in [6, 6.07) is 8.86. The number of amides is 1. The van der Waals surface area contributed by atoms with Crippen molar-refractivity contribution < 1.29 is 14.3 Å². The van der Waals surface area contributed by atoms with Crippen molar-refractivity contribution >= 4 is 11.9 Å². The van der Waals surface area contributed by atoms with Gasteiger partial charge in [0, 0.05) is 12.3 Å². The van der Waals surface area contributed by atoms with Crippen LogP contribution in [-0.2, 0) is 20.7 Å². The molecule has 0 bridgehead atoms. The van der Waals surface area contributed by atoms with Gasteiger partial charge in [0.15, 0.2) is 0 Å². The number of rotatable bonds is 4. The fourth-order valence-electron chi connectivity index (χ4n) is 14.5. The fraction of sp³-hybridized carbons (Fsp3) is 0.762. The van der Waals surface area contributed by atoms with Crippen molar-refractivity contribution in [2.75, 3.05) is 0 Å². The third kappa shape index (κ3) is 4.09. The number of carbonyl (C=O) groups excluding carboxylic acids is 2. The number of allylic oxidation sites excluding steroid dienone is 1. The van der Waals surface area contributed by atoms with Crippen molar-refractivity contribution in [1.82, 2.24) is 5.32 Å². The van der Waals surface area contributed by atoms with Crippen LogP contribution in [0.15, 0.2) is 36.4 Å². The Balaban J connectivity index is 1.24. The van der Waals surface area contributed by atoms with Crippen LogP contribution < -0.4 is 5.32 Å². The van der Waals surface area contributed by atoms with Gasteiger partial charge >= 0.3 is 5.97 Å². The Labute approximate surface area is 279 Å². The maximum absolute atomic E-state index is 14.9. The molecule has 1 N–H and O–H groups in total. The van der Waals surface area contributed by atoms with Crippen LogP contribution in [0.5, 0.6) is 0 Å². The first kappa shape index (κ1) is 32.4. The molecule has 8 unspecified atom stereocenters. The van der Waals surface area contributed by atoms with Gasteiger partial charge in [0.1, 0.15) is 6.10 Å². The standard InChI is InChI=1S/C42H61NO3/c1-26(2)29-16-23-42(36(45)43-31-15-14-28-12-10-11-13-30(28)31)25-24-41(9)39(7)21-17-32-37(4,5)34(46-27(3)44)19-20-38(32,6)33(39)18-22-40(41,8)35(29)42/h10-13,29,31-35H,1,14-25H2,2-9H3,(H,43,45)/t29-,31?,32?,33?,34?,35?,38?,39?,40?,41-,42-/m0/s1. The monoisotopic (exact) mass is 627 g/mol. The summed E-state index contributed by atoms with van der Waals surface area (Å²) in [6.45, 7) is 23.7. The lowest BCUT2D eigenvalue weighted by molar-refractivity contribution is -0.276. The zero-order valence-corrected chi connectivity index (χ0v) is 30.2. The Morgan fingerprint density at radius 2 is 1.50 bits per heavy atom. The van der Waals surface area contributed by atoms with Crippen molar-refractivity contribution in [2.45, 2.75) is 145 Å². The topological polar surface area (TPSA) is 55.4 Å². The van der Waals surface area contributed by atoms with Crippen LogP contribution in [0.4, 0.5) is 0 Å². The number of aryl methyl sites for hydroxylation is 1. The minimum Gasteiger partial charge on any atom is -0.462 e. The molecule has 6 aliphatic carbocycles. The van der Waals surface area contributed by atoms with Crippen LogP contribution in [-0.4, -0.2) is 18.0 Å². The highest BCUT2D eigenvalue weighted by molar-refractivity contribution is 5.84. The van der Waals surface area contributed by atoms with Crippen molar-refractivity contribution in [3.8, 4) is 0 Å². The molecule has 252 valence electrons. The minimum absolute atomic E-state index is 0.00679. The van der Waals surface area contributed by atoms with Crippen LogP contribution in [0.1, 0.15) is 143 Å². The number of ether oxygens (including phenoxy) is 1. The number of fused-ring (bicyclic) bond motifs is 8. The Hall–Kier alpha value is -2.10. The van der Waals surface area contributed by atoms with Crippen LogP contribution in [0.3, 0.4) is 0 Å². The summed E-state index contributed by atoms with van der Waals surface area (Å²) < 4.78 is 5.98. The van der Waals surface area contributed by atoms with E-state index in [2.05, 4.69) is 84.6 Å². The average molecular weight is 628 g/mol. The summed E-state index contributed by atoms with van der Waals surface area (Å²) in [6.07, 6.45) is 13.2. The predicted octanol–water partition coefficient (Wildman–Crippen LogP) is 9.77. The first-order valence-electron chi connectivity index (χ1n) is 18.8. The molecule has 4 heteroatoms. The van der Waals surface area contributed by atoms with Crippen molar-refractivity contribution in [3.05, 3.63) is 47.5 Å². The van der Waals surface area contributed by atoms with Gasteiger partial charge in [0.05, 0.1) is 11.5 Å². The number of nitrogens with one attached hydrogen (secondary N) is 1. The number of hydrogen-bond acceptors (Lipinski definition) is 3. The van der Waals surface area contributed by atoms with E-state index in [0.29, 0.717) is 29.6 Å². The van der Waals surface area contributed by atoms with Crippen LogP contribution in [0.2, 0.25) is 0 Å². The van der Waals surface area contributed by atoms with E-state index in [0.717, 1.165) is 51.4 Å². The molecule has 1 aromatic carbocycles. The van der Waals surface area contributed by atoms with Crippen LogP contribution in [0, 0.1) is 56.2 Å². The molecule has 0 saturated heterocycles. The summed E-state index contributed by atoms with van der Waals surface area (Å²) >= 11 is 0. The van der Waals surface area contributed by atoms with E-state index >= 15 is 0 Å². The van der Waals surface area contributed by atoms with Crippen LogP contribution >= 0.6 is 0 Å². The molecule has 6 aliphatic rings. The van der Waals surface area contributed by atoms with Gasteiger partial charge < -0.3 is 10.1 Å². The molecule has 1 aromatic rings. The molecule has 11 atom stereocenters. The molecule has 0 aromatic heterocycles. The Morgan fingerprint density at radius 1 is 0.804 bits per heavy atom. The number of benzene rings is 1. The summed E-state index contributed by atoms with van der Waals surface area (Å²) in [4.78, 5) is 26.9. The molecule has 5 saturated carbocycles. The zero-order valence-electron chi connectivity index (χ0n) is 30.2. The van der Waals surface area contributed by atoms with Crippen LogP contribution in [0.25, 0.3) is 0 Å². The predicted molar refractivity (Wildman–Crippen MR) is 185 cm³/mol. The van der Waals surface area contributed by atoms with Gasteiger partial charge in [0.25, 0.3) is 0 Å². The molecule has 0 aliphatic heterocycles. The maximum atomic E-state index is 14.9. The highest BCUT2D eigenvalue weighted by atomic mass is 16.5. The maximum Gasteiger partial charge on any atom is 0.302 e. The largest absolute Gasteiger partial charge is 0.462 e. The summed E-state index contributed by atoms with van der Waals surface area (Å²) in [7, 11) is 0. The minimum atomic E-state index is -0.316. The highest BCUT2D eigenvalue weighted by Crippen LogP contribution is 2.81. The fourth-order valence-corrected chi connectivity index (χ4v) is 14.5. The van der Waals surface area contributed by atoms with Gasteiger partial charge in [-0.1, -0.05) is 78.0 Å². The molecule has 7 rings (SSSR count). The van der Waals surface area contributed by atoms with E-state index in [1.165, 1.54) is 42.4 Å². The smallest absolute Gasteiger partial charge is 0.302 e. The Bertz CT molecular complexity index is 1450. The van der Waals surface area contributed by atoms with Gasteiger partial charge in [-0.3, -0.25) is 9.59 Å². The highest BCUT2D eigenvalue weighted by Gasteiger charge is 2.75. The summed E-state index contributed by atoms with van der Waals surface area (Å²) in [5.41, 5.74) is 4.29. The average Bonchev–Trinajstić information content (AvgIpc) is 3.59. The molecule has 4 nitrogen and oxygen atoms in total. The second-order valence-corrected chi connectivity index (χ2v) is 18.7. The van der Waals surface area contributed by atoms with E-state index in [1.54, 1.807) is 6.92 Å². The van der Waals surface area contributed by atoms with E-state index in [4.69, 9.17) is 4.74 Å². The number of carbonyl (C=O) groups is 2. The lowest BCUT2D eigenvalue weighted by Gasteiger charge is -2.76. The number of esters is 1. The van der Waals surface area contributed by atoms with Crippen molar-refractivity contribution in [3.63, 3.8) is 0 Å². The van der Waals surface area contributed by atoms with E-state index < -0.39 is 0 Å². The quantitative estimate of drug-likeness (QED) is 0.267. The molecular formula is C42H61NO3. The first-order valence-corrected chi connectivity index (χ1v) is 18.8. The van der Waals surface area contributed by atoms with Crippen molar-refractivity contribution in [1.29, 1.82) is 0 Å². The zero-order chi connectivity index (χ0) is 33.1. The molecule has 0 spiro atoms. The SMILES string of the molecule is C=C(C)[C@@H]1CC[C@]2(C(=O)NC3CCc4ccccc43)CC[C@@]3(C)C4(C)CCC5C(C)(C)C(OC(C)=O)CCC5(C)C4CCC3(C)C12. The molecule has 46 heavy (non-hydrogen) atoms. The summed E-state index contributed by atoms with van der Waals surface area (Å²) in [5, 5.41) is 3.68. The van der Waals surface area contributed by atoms with Gasteiger partial charge in [-0.15, -0.1) is 0 Å². The van der Waals surface area contributed by atoms with Gasteiger partial charge in [-0.25, -0.2) is 0 Å². The van der Waals surface area contributed by atoms with E-state index in [1.807, 2.05) is 0 Å². The third-order valence-electron chi connectivity index (χ3n) is 16.9. The number of hydrogen-bond donors (Lipinski definition) is 1. The van der Waals surface area contributed by atoms with Gasteiger partial charge in [0.2, 0.25) is 5.91 Å². The molecular weight excluding hydrogens is 566 g/mol. The lowest BCUT2D eigenvalue weighted by Crippen LogP contribution is -2.70. The molecule has 0 radical (unpaired) electrons. The molecule has 0 heterocycles. The van der Waals surface area contributed by atoms with E-state index in [9.17, 15) is 9.59 Å². The Morgan fingerprint density at radius 3 is 2.22 bits per heavy atom. The summed E-state index contributed by atoms with van der Waals surface area (Å²) in [5.74, 6) is 2.10. The third-order valence-corrected chi connectivity index (χ3v) is 16.9. The van der Waals surface area contributed by atoms with E-state index in [-0.39, 0.29) is 50.6 Å².